The van der Waals surface area contributed by atoms with Gasteiger partial charge in [0.1, 0.15) is 0 Å². The number of benzene rings is 1. The van der Waals surface area contributed by atoms with Crippen molar-refractivity contribution in [3.05, 3.63) is 29.3 Å². The smallest absolute Gasteiger partial charge is 0.228 e. The summed E-state index contributed by atoms with van der Waals surface area (Å²) in [5.41, 5.74) is 3.26. The van der Waals surface area contributed by atoms with Crippen molar-refractivity contribution in [3.8, 4) is 0 Å². The predicted molar refractivity (Wildman–Crippen MR) is 92.8 cm³/mol. The van der Waals surface area contributed by atoms with Gasteiger partial charge in [-0.25, -0.2) is 0 Å². The van der Waals surface area contributed by atoms with E-state index in [1.807, 2.05) is 28.9 Å². The number of carbonyl (C=O) groups is 2. The number of hydrogen-bond acceptors (Lipinski definition) is 3. The van der Waals surface area contributed by atoms with E-state index in [1.165, 1.54) is 5.56 Å². The van der Waals surface area contributed by atoms with Crippen molar-refractivity contribution in [2.45, 2.75) is 20.3 Å². The Balaban J connectivity index is 1.48. The molecule has 0 aromatic heterocycles. The second-order valence-corrected chi connectivity index (χ2v) is 7.55. The number of amides is 2. The highest BCUT2D eigenvalue weighted by atomic mass is 16.2. The number of anilines is 1. The monoisotopic (exact) mass is 327 g/mol. The molecule has 0 bridgehead atoms. The second-order valence-electron chi connectivity index (χ2n) is 7.55. The fraction of sp³-hybridized carbons (Fsp3) is 0.579. The Labute approximate surface area is 143 Å². The summed E-state index contributed by atoms with van der Waals surface area (Å²) in [6.07, 6.45) is 0.344. The van der Waals surface area contributed by atoms with Crippen LogP contribution in [0.25, 0.3) is 0 Å². The van der Waals surface area contributed by atoms with Gasteiger partial charge in [0, 0.05) is 44.8 Å². The van der Waals surface area contributed by atoms with Gasteiger partial charge in [-0.3, -0.25) is 9.59 Å². The van der Waals surface area contributed by atoms with Crippen molar-refractivity contribution in [3.63, 3.8) is 0 Å². The van der Waals surface area contributed by atoms with E-state index in [1.54, 1.807) is 0 Å². The van der Waals surface area contributed by atoms with Crippen molar-refractivity contribution in [1.82, 2.24) is 10.2 Å². The van der Waals surface area contributed by atoms with E-state index in [9.17, 15) is 9.59 Å². The Hall–Kier alpha value is -1.88. The first-order chi connectivity index (χ1) is 11.5. The number of rotatable bonds is 2. The predicted octanol–water partition coefficient (Wildman–Crippen LogP) is 1.33. The lowest BCUT2D eigenvalue weighted by Gasteiger charge is -2.23. The van der Waals surface area contributed by atoms with Crippen molar-refractivity contribution in [1.29, 1.82) is 0 Å². The molecule has 3 atom stereocenters. The van der Waals surface area contributed by atoms with Crippen LogP contribution >= 0.6 is 0 Å². The molecule has 1 aromatic carbocycles. The topological polar surface area (TPSA) is 52.7 Å². The zero-order valence-electron chi connectivity index (χ0n) is 14.4. The van der Waals surface area contributed by atoms with Gasteiger partial charge in [0.05, 0.1) is 5.92 Å². The lowest BCUT2D eigenvalue weighted by molar-refractivity contribution is -0.135. The van der Waals surface area contributed by atoms with E-state index in [0.717, 1.165) is 37.4 Å². The van der Waals surface area contributed by atoms with E-state index < -0.39 is 0 Å². The quantitative estimate of drug-likeness (QED) is 0.892. The van der Waals surface area contributed by atoms with E-state index in [2.05, 4.69) is 18.3 Å². The number of carbonyl (C=O) groups excluding carboxylic acids is 2. The molecular formula is C19H25N3O2. The molecule has 24 heavy (non-hydrogen) atoms. The first kappa shape index (κ1) is 15.6. The minimum absolute atomic E-state index is 0.0723. The van der Waals surface area contributed by atoms with Crippen LogP contribution in [0.15, 0.2) is 18.2 Å². The van der Waals surface area contributed by atoms with Crippen LogP contribution in [0.4, 0.5) is 5.69 Å². The lowest BCUT2D eigenvalue weighted by atomic mass is 10.0. The maximum absolute atomic E-state index is 12.9. The molecule has 1 N–H and O–H groups in total. The Kier molecular flexibility index (Phi) is 3.83. The van der Waals surface area contributed by atoms with Gasteiger partial charge in [0.15, 0.2) is 0 Å². The SMILES string of the molecule is Cc1cccc(N2CC(C(=O)N3C[C@H]4CNC[C@H]4C3)CC2=O)c1C. The van der Waals surface area contributed by atoms with E-state index >= 15 is 0 Å². The standard InChI is InChI=1S/C19H25N3O2/c1-12-4-3-5-17(13(12)2)22-11-14(6-18(22)23)19(24)21-9-15-7-20-8-16(15)10-21/h3-5,14-16,20H,6-11H2,1-2H3/t14?,15-,16+. The van der Waals surface area contributed by atoms with E-state index in [0.29, 0.717) is 24.8 Å². The highest BCUT2D eigenvalue weighted by Gasteiger charge is 2.43. The minimum atomic E-state index is -0.191. The lowest BCUT2D eigenvalue weighted by Crippen LogP contribution is -2.37. The maximum Gasteiger partial charge on any atom is 0.228 e. The molecule has 128 valence electrons. The first-order valence-electron chi connectivity index (χ1n) is 8.90. The molecule has 5 nitrogen and oxygen atoms in total. The molecule has 0 radical (unpaired) electrons. The van der Waals surface area contributed by atoms with Gasteiger partial charge in [0.2, 0.25) is 11.8 Å². The maximum atomic E-state index is 12.9. The Morgan fingerprint density at radius 3 is 2.54 bits per heavy atom. The molecule has 1 aromatic rings. The van der Waals surface area contributed by atoms with Gasteiger partial charge in [-0.1, -0.05) is 12.1 Å². The van der Waals surface area contributed by atoms with Gasteiger partial charge in [0.25, 0.3) is 0 Å². The van der Waals surface area contributed by atoms with Crippen LogP contribution < -0.4 is 10.2 Å². The van der Waals surface area contributed by atoms with Crippen LogP contribution in [0.2, 0.25) is 0 Å². The summed E-state index contributed by atoms with van der Waals surface area (Å²) < 4.78 is 0. The average Bonchev–Trinajstić information content (AvgIpc) is 3.23. The number of likely N-dealkylation sites (tertiary alicyclic amines) is 1. The second kappa shape index (κ2) is 5.88. The van der Waals surface area contributed by atoms with Gasteiger partial charge in [-0.2, -0.15) is 0 Å². The summed E-state index contributed by atoms with van der Waals surface area (Å²) in [4.78, 5) is 29.2. The fourth-order valence-corrected chi connectivity index (χ4v) is 4.43. The summed E-state index contributed by atoms with van der Waals surface area (Å²) in [5.74, 6) is 1.25. The van der Waals surface area contributed by atoms with Crippen LogP contribution in [-0.4, -0.2) is 49.4 Å². The minimum Gasteiger partial charge on any atom is -0.342 e. The largest absolute Gasteiger partial charge is 0.342 e. The highest BCUT2D eigenvalue weighted by molar-refractivity contribution is 6.01. The summed E-state index contributed by atoms with van der Waals surface area (Å²) in [6.45, 7) is 8.36. The molecule has 1 unspecified atom stereocenters. The van der Waals surface area contributed by atoms with Crippen molar-refractivity contribution in [2.75, 3.05) is 37.6 Å². The van der Waals surface area contributed by atoms with Crippen LogP contribution in [0, 0.1) is 31.6 Å². The molecule has 3 heterocycles. The molecule has 3 aliphatic heterocycles. The van der Waals surface area contributed by atoms with Crippen LogP contribution in [0.1, 0.15) is 17.5 Å². The van der Waals surface area contributed by atoms with Crippen LogP contribution in [-0.2, 0) is 9.59 Å². The Morgan fingerprint density at radius 1 is 1.12 bits per heavy atom. The van der Waals surface area contributed by atoms with Crippen molar-refractivity contribution in [2.24, 2.45) is 17.8 Å². The zero-order valence-corrected chi connectivity index (χ0v) is 14.4. The molecule has 0 saturated carbocycles. The van der Waals surface area contributed by atoms with E-state index in [4.69, 9.17) is 0 Å². The summed E-state index contributed by atoms with van der Waals surface area (Å²) in [7, 11) is 0. The Morgan fingerprint density at radius 2 is 1.83 bits per heavy atom. The fourth-order valence-electron chi connectivity index (χ4n) is 4.43. The third kappa shape index (κ3) is 2.51. The molecule has 3 fully saturated rings. The van der Waals surface area contributed by atoms with Crippen LogP contribution in [0.5, 0.6) is 0 Å². The highest BCUT2D eigenvalue weighted by Crippen LogP contribution is 2.32. The summed E-state index contributed by atoms with van der Waals surface area (Å²) in [6, 6.07) is 6.02. The molecule has 2 amide bonds. The van der Waals surface area contributed by atoms with Crippen LogP contribution in [0.3, 0.4) is 0 Å². The van der Waals surface area contributed by atoms with Gasteiger partial charge in [-0.05, 0) is 42.9 Å². The molecular weight excluding hydrogens is 302 g/mol. The normalized spacial score (nSPS) is 29.4. The van der Waals surface area contributed by atoms with Gasteiger partial charge in [-0.15, -0.1) is 0 Å². The first-order valence-corrected chi connectivity index (χ1v) is 8.90. The molecule has 0 spiro atoms. The number of nitrogens with zero attached hydrogens (tertiary/aromatic N) is 2. The molecule has 3 aliphatic rings. The van der Waals surface area contributed by atoms with E-state index in [-0.39, 0.29) is 17.7 Å². The Bertz CT molecular complexity index is 675. The molecule has 0 aliphatic carbocycles. The summed E-state index contributed by atoms with van der Waals surface area (Å²) in [5, 5.41) is 3.40. The molecule has 3 saturated heterocycles. The van der Waals surface area contributed by atoms with Gasteiger partial charge < -0.3 is 15.1 Å². The number of nitrogens with one attached hydrogen (secondary N) is 1. The third-order valence-electron chi connectivity index (χ3n) is 6.04. The number of aryl methyl sites for hydroxylation is 1. The summed E-state index contributed by atoms with van der Waals surface area (Å²) >= 11 is 0. The molecule has 4 rings (SSSR count). The number of hydrogen-bond donors (Lipinski definition) is 1. The van der Waals surface area contributed by atoms with Crippen molar-refractivity contribution >= 4 is 17.5 Å². The molecule has 5 heteroatoms. The average molecular weight is 327 g/mol. The third-order valence-corrected chi connectivity index (χ3v) is 6.04. The zero-order chi connectivity index (χ0) is 16.8. The number of fused-ring (bicyclic) bond motifs is 1. The van der Waals surface area contributed by atoms with Crippen molar-refractivity contribution < 1.29 is 9.59 Å². The van der Waals surface area contributed by atoms with Gasteiger partial charge >= 0.3 is 0 Å².